The molecule has 0 aliphatic heterocycles. The van der Waals surface area contributed by atoms with Crippen molar-refractivity contribution in [3.8, 4) is 12.3 Å². The lowest BCUT2D eigenvalue weighted by Crippen LogP contribution is -1.97. The number of hydrogen-bond acceptors (Lipinski definition) is 1. The van der Waals surface area contributed by atoms with E-state index in [4.69, 9.17) is 6.42 Å². The van der Waals surface area contributed by atoms with Gasteiger partial charge in [-0.3, -0.25) is 0 Å². The summed E-state index contributed by atoms with van der Waals surface area (Å²) >= 11 is 0. The first-order valence-corrected chi connectivity index (χ1v) is 2.54. The van der Waals surface area contributed by atoms with E-state index in [2.05, 4.69) is 11.0 Å². The molecule has 1 heterocycles. The first-order valence-electron chi connectivity index (χ1n) is 2.54. The minimum Gasteiger partial charge on any atom is -0.210 e. The molecule has 0 saturated heterocycles. The molecule has 10 heavy (non-hydrogen) atoms. The molecule has 0 N–H and O–H groups in total. The molecule has 0 bridgehead atoms. The Kier molecular flexibility index (Phi) is 1.67. The van der Waals surface area contributed by atoms with E-state index in [0.29, 0.717) is 4.68 Å². The van der Waals surface area contributed by atoms with Crippen LogP contribution in [0.1, 0.15) is 12.2 Å². The van der Waals surface area contributed by atoms with Crippen molar-refractivity contribution in [1.82, 2.24) is 9.78 Å². The van der Waals surface area contributed by atoms with Gasteiger partial charge in [0.2, 0.25) is 0 Å². The average molecular weight is 142 g/mol. The van der Waals surface area contributed by atoms with Crippen LogP contribution in [-0.4, -0.2) is 9.78 Å². The molecule has 0 spiro atoms. The van der Waals surface area contributed by atoms with Crippen LogP contribution < -0.4 is 0 Å². The van der Waals surface area contributed by atoms with E-state index in [1.54, 1.807) is 0 Å². The number of rotatable bonds is 1. The lowest BCUT2D eigenvalue weighted by molar-refractivity contribution is 0.0565. The maximum absolute atomic E-state index is 11.7. The predicted octanol–water partition coefficient (Wildman–Crippen LogP) is 1.26. The summed E-state index contributed by atoms with van der Waals surface area (Å²) in [4.78, 5) is 0. The zero-order chi connectivity index (χ0) is 7.56. The van der Waals surface area contributed by atoms with Gasteiger partial charge in [-0.05, 0) is 12.0 Å². The highest BCUT2D eigenvalue weighted by molar-refractivity contribution is 5.21. The molecule has 0 aliphatic carbocycles. The number of aromatic nitrogens is 2. The Morgan fingerprint density at radius 1 is 1.70 bits per heavy atom. The molecule has 0 aliphatic rings. The van der Waals surface area contributed by atoms with Gasteiger partial charge in [-0.15, -0.1) is 6.42 Å². The van der Waals surface area contributed by atoms with Crippen molar-refractivity contribution in [3.63, 3.8) is 0 Å². The van der Waals surface area contributed by atoms with Crippen molar-refractivity contribution in [3.05, 3.63) is 18.0 Å². The van der Waals surface area contributed by atoms with E-state index in [1.807, 2.05) is 0 Å². The van der Waals surface area contributed by atoms with Crippen LogP contribution in [0.15, 0.2) is 12.3 Å². The summed E-state index contributed by atoms with van der Waals surface area (Å²) in [7, 11) is 0. The summed E-state index contributed by atoms with van der Waals surface area (Å²) in [5, 5.41) is 3.36. The van der Waals surface area contributed by atoms with Gasteiger partial charge in [0.25, 0.3) is 0 Å². The zero-order valence-corrected chi connectivity index (χ0v) is 4.96. The summed E-state index contributed by atoms with van der Waals surface area (Å²) in [5.74, 6) is 2.14. The number of terminal acetylenes is 1. The van der Waals surface area contributed by atoms with Crippen LogP contribution in [0.5, 0.6) is 0 Å². The Labute approximate surface area is 56.5 Å². The number of nitrogens with zero attached hydrogens (tertiary/aromatic N) is 2. The smallest absolute Gasteiger partial charge is 0.210 e. The van der Waals surface area contributed by atoms with E-state index in [-0.39, 0.29) is 5.69 Å². The van der Waals surface area contributed by atoms with Crippen LogP contribution in [0.3, 0.4) is 0 Å². The van der Waals surface area contributed by atoms with Crippen molar-refractivity contribution < 1.29 is 8.78 Å². The summed E-state index contributed by atoms with van der Waals surface area (Å²) in [5.41, 5.74) is 0.223. The molecular weight excluding hydrogens is 138 g/mol. The van der Waals surface area contributed by atoms with Crippen molar-refractivity contribution in [2.45, 2.75) is 6.55 Å². The fraction of sp³-hybridized carbons (Fsp3) is 0.167. The third-order valence-electron chi connectivity index (χ3n) is 0.956. The molecule has 1 aromatic heterocycles. The summed E-state index contributed by atoms with van der Waals surface area (Å²) in [6.07, 6.45) is 6.03. The normalized spacial score (nSPS) is 9.80. The summed E-state index contributed by atoms with van der Waals surface area (Å²) < 4.78 is 24.0. The Bertz CT molecular complexity index is 259. The SMILES string of the molecule is C#Cc1ccn(C(F)F)n1. The summed E-state index contributed by atoms with van der Waals surface area (Å²) in [6.45, 7) is -2.61. The molecule has 1 aromatic rings. The first kappa shape index (κ1) is 6.75. The van der Waals surface area contributed by atoms with Gasteiger partial charge in [-0.1, -0.05) is 0 Å². The van der Waals surface area contributed by atoms with E-state index < -0.39 is 6.55 Å². The fourth-order valence-electron chi connectivity index (χ4n) is 0.524. The van der Waals surface area contributed by atoms with Gasteiger partial charge in [0, 0.05) is 6.20 Å². The van der Waals surface area contributed by atoms with Gasteiger partial charge in [-0.25, -0.2) is 4.68 Å². The van der Waals surface area contributed by atoms with Crippen LogP contribution in [0.4, 0.5) is 8.78 Å². The number of halogens is 2. The number of alkyl halides is 2. The average Bonchev–Trinajstić information content (AvgIpc) is 2.34. The van der Waals surface area contributed by atoms with Gasteiger partial charge in [-0.2, -0.15) is 13.9 Å². The Morgan fingerprint density at radius 3 is 2.70 bits per heavy atom. The van der Waals surface area contributed by atoms with Gasteiger partial charge in [0.15, 0.2) is 0 Å². The quantitative estimate of drug-likeness (QED) is 0.540. The third-order valence-corrected chi connectivity index (χ3v) is 0.956. The third kappa shape index (κ3) is 1.13. The highest BCUT2D eigenvalue weighted by atomic mass is 19.3. The first-order chi connectivity index (χ1) is 4.74. The predicted molar refractivity (Wildman–Crippen MR) is 31.4 cm³/mol. The second kappa shape index (κ2) is 2.48. The lowest BCUT2D eigenvalue weighted by atomic mass is 10.5. The van der Waals surface area contributed by atoms with E-state index in [9.17, 15) is 8.78 Å². The molecule has 4 heteroatoms. The van der Waals surface area contributed by atoms with Crippen molar-refractivity contribution in [2.75, 3.05) is 0 Å². The molecule has 0 atom stereocenters. The standard InChI is InChI=1S/C6H4F2N2/c1-2-5-3-4-10(9-5)6(7)8/h1,3-4,6H. The van der Waals surface area contributed by atoms with Gasteiger partial charge >= 0.3 is 6.55 Å². The highest BCUT2D eigenvalue weighted by Crippen LogP contribution is 2.07. The van der Waals surface area contributed by atoms with Crippen molar-refractivity contribution in [2.24, 2.45) is 0 Å². The molecule has 0 radical (unpaired) electrons. The molecule has 0 unspecified atom stereocenters. The fourth-order valence-corrected chi connectivity index (χ4v) is 0.524. The minimum absolute atomic E-state index is 0.223. The molecule has 0 fully saturated rings. The summed E-state index contributed by atoms with van der Waals surface area (Å²) in [6, 6.07) is 1.35. The van der Waals surface area contributed by atoms with Crippen molar-refractivity contribution >= 4 is 0 Å². The maximum atomic E-state index is 11.7. The Balaban J connectivity index is 2.91. The molecule has 0 saturated carbocycles. The zero-order valence-electron chi connectivity index (χ0n) is 4.96. The molecular formula is C6H4F2N2. The van der Waals surface area contributed by atoms with Gasteiger partial charge in [0.1, 0.15) is 5.69 Å². The van der Waals surface area contributed by atoms with Crippen LogP contribution in [0, 0.1) is 12.3 Å². The maximum Gasteiger partial charge on any atom is 0.333 e. The van der Waals surface area contributed by atoms with E-state index >= 15 is 0 Å². The largest absolute Gasteiger partial charge is 0.333 e. The molecule has 0 amide bonds. The molecule has 1 rings (SSSR count). The van der Waals surface area contributed by atoms with E-state index in [0.717, 1.165) is 6.20 Å². The van der Waals surface area contributed by atoms with Gasteiger partial charge in [0.05, 0.1) is 0 Å². The molecule has 52 valence electrons. The minimum atomic E-state index is -2.61. The van der Waals surface area contributed by atoms with Crippen molar-refractivity contribution in [1.29, 1.82) is 0 Å². The topological polar surface area (TPSA) is 17.8 Å². The molecule has 0 aromatic carbocycles. The molecule has 2 nitrogen and oxygen atoms in total. The Morgan fingerprint density at radius 2 is 2.40 bits per heavy atom. The Hall–Kier alpha value is -1.37. The monoisotopic (exact) mass is 142 g/mol. The lowest BCUT2D eigenvalue weighted by Gasteiger charge is -1.94. The van der Waals surface area contributed by atoms with E-state index in [1.165, 1.54) is 6.07 Å². The van der Waals surface area contributed by atoms with Gasteiger partial charge < -0.3 is 0 Å². The highest BCUT2D eigenvalue weighted by Gasteiger charge is 2.04. The second-order valence-corrected chi connectivity index (χ2v) is 1.60. The van der Waals surface area contributed by atoms with Crippen LogP contribution in [0.25, 0.3) is 0 Å². The van der Waals surface area contributed by atoms with Crippen LogP contribution in [0.2, 0.25) is 0 Å². The number of hydrogen-bond donors (Lipinski definition) is 0. The van der Waals surface area contributed by atoms with Crippen LogP contribution >= 0.6 is 0 Å². The van der Waals surface area contributed by atoms with Crippen LogP contribution in [-0.2, 0) is 0 Å². The second-order valence-electron chi connectivity index (χ2n) is 1.60.